The minimum absolute atomic E-state index is 0.782. The van der Waals surface area contributed by atoms with Crippen molar-refractivity contribution < 1.29 is 4.42 Å². The van der Waals surface area contributed by atoms with E-state index in [-0.39, 0.29) is 0 Å². The molecule has 0 spiro atoms. The summed E-state index contributed by atoms with van der Waals surface area (Å²) in [6.07, 6.45) is 4.44. The number of rotatable bonds is 3. The molecular formula is C9H13NO. The van der Waals surface area contributed by atoms with E-state index in [2.05, 4.69) is 5.32 Å². The third-order valence-electron chi connectivity index (χ3n) is 2.12. The number of hydrogen-bond donors (Lipinski definition) is 1. The highest BCUT2D eigenvalue weighted by molar-refractivity contribution is 5.15. The zero-order valence-corrected chi connectivity index (χ0v) is 6.76. The third-order valence-corrected chi connectivity index (χ3v) is 2.12. The maximum Gasteiger partial charge on any atom is 0.105 e. The standard InChI is InChI=1S/C9H13NO/c1-7-8(4-5-11-7)6-10-9-2-3-9/h4-5,9-10H,2-3,6H2,1H3. The van der Waals surface area contributed by atoms with Crippen LogP contribution in [0.3, 0.4) is 0 Å². The first-order valence-electron chi connectivity index (χ1n) is 4.12. The van der Waals surface area contributed by atoms with Gasteiger partial charge in [-0.25, -0.2) is 0 Å². The molecule has 1 aromatic rings. The molecule has 1 heterocycles. The van der Waals surface area contributed by atoms with E-state index < -0.39 is 0 Å². The molecule has 11 heavy (non-hydrogen) atoms. The van der Waals surface area contributed by atoms with Crippen LogP contribution in [0.2, 0.25) is 0 Å². The van der Waals surface area contributed by atoms with E-state index in [1.165, 1.54) is 18.4 Å². The van der Waals surface area contributed by atoms with Gasteiger partial charge in [-0.15, -0.1) is 0 Å². The van der Waals surface area contributed by atoms with Crippen LogP contribution in [-0.4, -0.2) is 6.04 Å². The number of aryl methyl sites for hydroxylation is 1. The molecule has 0 radical (unpaired) electrons. The van der Waals surface area contributed by atoms with Crippen molar-refractivity contribution in [1.29, 1.82) is 0 Å². The second-order valence-corrected chi connectivity index (χ2v) is 3.16. The molecule has 0 saturated heterocycles. The molecule has 2 nitrogen and oxygen atoms in total. The maximum absolute atomic E-state index is 5.18. The number of nitrogens with one attached hydrogen (secondary N) is 1. The normalized spacial score (nSPS) is 17.2. The highest BCUT2D eigenvalue weighted by atomic mass is 16.3. The Morgan fingerprint density at radius 3 is 3.00 bits per heavy atom. The van der Waals surface area contributed by atoms with Gasteiger partial charge in [0.1, 0.15) is 5.76 Å². The molecule has 60 valence electrons. The van der Waals surface area contributed by atoms with Gasteiger partial charge in [0.15, 0.2) is 0 Å². The first-order valence-corrected chi connectivity index (χ1v) is 4.12. The lowest BCUT2D eigenvalue weighted by Crippen LogP contribution is -2.15. The summed E-state index contributed by atoms with van der Waals surface area (Å²) < 4.78 is 5.18. The van der Waals surface area contributed by atoms with E-state index in [0.717, 1.165) is 18.3 Å². The van der Waals surface area contributed by atoms with E-state index in [4.69, 9.17) is 4.42 Å². The molecule has 0 unspecified atom stereocenters. The Kier molecular flexibility index (Phi) is 1.70. The van der Waals surface area contributed by atoms with Gasteiger partial charge in [-0.05, 0) is 25.8 Å². The van der Waals surface area contributed by atoms with Gasteiger partial charge in [0.05, 0.1) is 6.26 Å². The Hall–Kier alpha value is -0.760. The Morgan fingerprint density at radius 1 is 1.64 bits per heavy atom. The lowest BCUT2D eigenvalue weighted by molar-refractivity contribution is 0.526. The van der Waals surface area contributed by atoms with Gasteiger partial charge in [0.2, 0.25) is 0 Å². The predicted molar refractivity (Wildman–Crippen MR) is 43.3 cm³/mol. The topological polar surface area (TPSA) is 25.2 Å². The molecule has 0 bridgehead atoms. The fourth-order valence-electron chi connectivity index (χ4n) is 1.14. The summed E-state index contributed by atoms with van der Waals surface area (Å²) in [6.45, 7) is 2.97. The van der Waals surface area contributed by atoms with Crippen molar-refractivity contribution in [3.8, 4) is 0 Å². The SMILES string of the molecule is Cc1occc1CNC1CC1. The molecule has 1 aromatic heterocycles. The summed E-state index contributed by atoms with van der Waals surface area (Å²) in [7, 11) is 0. The smallest absolute Gasteiger partial charge is 0.105 e. The van der Waals surface area contributed by atoms with Crippen molar-refractivity contribution in [1.82, 2.24) is 5.32 Å². The van der Waals surface area contributed by atoms with Crippen molar-refractivity contribution in [3.63, 3.8) is 0 Å². The first-order chi connectivity index (χ1) is 5.36. The molecular weight excluding hydrogens is 138 g/mol. The Morgan fingerprint density at radius 2 is 2.45 bits per heavy atom. The molecule has 0 amide bonds. The number of hydrogen-bond acceptors (Lipinski definition) is 2. The summed E-state index contributed by atoms with van der Waals surface area (Å²) in [5, 5.41) is 3.44. The Bertz CT molecular complexity index is 237. The minimum atomic E-state index is 0.782. The van der Waals surface area contributed by atoms with Gasteiger partial charge in [-0.2, -0.15) is 0 Å². The molecule has 2 rings (SSSR count). The molecule has 1 aliphatic carbocycles. The van der Waals surface area contributed by atoms with Gasteiger partial charge >= 0.3 is 0 Å². The average molecular weight is 151 g/mol. The second kappa shape index (κ2) is 2.70. The van der Waals surface area contributed by atoms with E-state index in [9.17, 15) is 0 Å². The molecule has 0 aromatic carbocycles. The monoisotopic (exact) mass is 151 g/mol. The molecule has 0 atom stereocenters. The fourth-order valence-corrected chi connectivity index (χ4v) is 1.14. The van der Waals surface area contributed by atoms with E-state index >= 15 is 0 Å². The third kappa shape index (κ3) is 1.63. The molecule has 2 heteroatoms. The van der Waals surface area contributed by atoms with Crippen LogP contribution in [0.1, 0.15) is 24.2 Å². The highest BCUT2D eigenvalue weighted by Crippen LogP contribution is 2.19. The second-order valence-electron chi connectivity index (χ2n) is 3.16. The van der Waals surface area contributed by atoms with Crippen molar-refractivity contribution in [2.45, 2.75) is 32.4 Å². The van der Waals surface area contributed by atoms with Crippen LogP contribution in [0.15, 0.2) is 16.7 Å². The average Bonchev–Trinajstić information content (AvgIpc) is 2.73. The van der Waals surface area contributed by atoms with Crippen LogP contribution in [0.25, 0.3) is 0 Å². The van der Waals surface area contributed by atoms with Crippen LogP contribution in [-0.2, 0) is 6.54 Å². The maximum atomic E-state index is 5.18. The van der Waals surface area contributed by atoms with E-state index in [0.29, 0.717) is 0 Å². The number of furan rings is 1. The summed E-state index contributed by atoms with van der Waals surface area (Å²) >= 11 is 0. The Labute approximate surface area is 66.6 Å². The van der Waals surface area contributed by atoms with Gasteiger partial charge < -0.3 is 9.73 Å². The van der Waals surface area contributed by atoms with E-state index in [1.807, 2.05) is 13.0 Å². The van der Waals surface area contributed by atoms with Crippen LogP contribution in [0.4, 0.5) is 0 Å². The van der Waals surface area contributed by atoms with Crippen molar-refractivity contribution in [2.75, 3.05) is 0 Å². The molecule has 1 aliphatic rings. The van der Waals surface area contributed by atoms with Crippen LogP contribution in [0.5, 0.6) is 0 Å². The van der Waals surface area contributed by atoms with Crippen molar-refractivity contribution >= 4 is 0 Å². The van der Waals surface area contributed by atoms with Crippen LogP contribution in [0, 0.1) is 6.92 Å². The van der Waals surface area contributed by atoms with Gasteiger partial charge in [0.25, 0.3) is 0 Å². The summed E-state index contributed by atoms with van der Waals surface area (Å²) in [4.78, 5) is 0. The quantitative estimate of drug-likeness (QED) is 0.713. The summed E-state index contributed by atoms with van der Waals surface area (Å²) in [5.41, 5.74) is 1.29. The molecule has 1 N–H and O–H groups in total. The zero-order chi connectivity index (χ0) is 7.68. The lowest BCUT2D eigenvalue weighted by Gasteiger charge is -1.99. The van der Waals surface area contributed by atoms with Gasteiger partial charge in [-0.1, -0.05) is 0 Å². The first kappa shape index (κ1) is 6.92. The molecule has 1 fully saturated rings. The predicted octanol–water partition coefficient (Wildman–Crippen LogP) is 1.84. The highest BCUT2D eigenvalue weighted by Gasteiger charge is 2.20. The van der Waals surface area contributed by atoms with Crippen LogP contribution >= 0.6 is 0 Å². The van der Waals surface area contributed by atoms with Gasteiger partial charge in [-0.3, -0.25) is 0 Å². The molecule has 0 aliphatic heterocycles. The zero-order valence-electron chi connectivity index (χ0n) is 6.76. The van der Waals surface area contributed by atoms with E-state index in [1.54, 1.807) is 6.26 Å². The van der Waals surface area contributed by atoms with Crippen molar-refractivity contribution in [2.24, 2.45) is 0 Å². The van der Waals surface area contributed by atoms with Gasteiger partial charge in [0, 0.05) is 18.2 Å². The summed E-state index contributed by atoms with van der Waals surface area (Å²) in [5.74, 6) is 1.04. The summed E-state index contributed by atoms with van der Waals surface area (Å²) in [6, 6.07) is 2.81. The largest absolute Gasteiger partial charge is 0.469 e. The molecule has 1 saturated carbocycles. The minimum Gasteiger partial charge on any atom is -0.469 e. The van der Waals surface area contributed by atoms with Crippen LogP contribution < -0.4 is 5.32 Å². The lowest BCUT2D eigenvalue weighted by atomic mass is 10.2. The Balaban J connectivity index is 1.89. The fraction of sp³-hybridized carbons (Fsp3) is 0.556. The van der Waals surface area contributed by atoms with Crippen molar-refractivity contribution in [3.05, 3.63) is 23.7 Å².